The number of hydrazine groups is 1. The maximum Gasteiger partial charge on any atom is 0.334 e. The molecule has 2 saturated heterocycles. The van der Waals surface area contributed by atoms with Gasteiger partial charge in [0, 0.05) is 13.1 Å². The number of hydrogen-bond acceptors (Lipinski definition) is 4. The Balaban J connectivity index is 1.44. The average molecular weight is 536 g/mol. The van der Waals surface area contributed by atoms with E-state index in [2.05, 4.69) is 23.4 Å². The lowest BCUT2D eigenvalue weighted by molar-refractivity contribution is -0.189. The molecule has 1 N–H and O–H groups in total. The van der Waals surface area contributed by atoms with E-state index >= 15 is 0 Å². The second kappa shape index (κ2) is 12.5. The molecule has 2 aliphatic heterocycles. The highest BCUT2D eigenvalue weighted by Gasteiger charge is 2.51. The summed E-state index contributed by atoms with van der Waals surface area (Å²) in [5.74, 6) is 2.20. The summed E-state index contributed by atoms with van der Waals surface area (Å²) in [6.45, 7) is 1.02. The molecule has 0 bridgehead atoms. The number of aryl methyl sites for hydroxylation is 1. The molecule has 4 amide bonds. The number of nitrogens with zero attached hydrogens (tertiary/aromatic N) is 4. The zero-order chi connectivity index (χ0) is 27.9. The standard InChI is InChI=1S/C32H33N5O3/c1-2-20-35-24-29(38)36-28(37(35)32(40)33-22-26-15-8-4-9-16-26)23-34(21-12-17-25-13-6-3-7-14-25)31(39)30(36)27-18-10-5-11-19-27/h1,3-11,13-16,18-19,28,30H,12,17,20-24H2,(H,33,40)/t28-,30-/m0/s1. The van der Waals surface area contributed by atoms with Crippen molar-refractivity contribution in [1.82, 2.24) is 25.1 Å². The minimum atomic E-state index is -0.832. The Morgan fingerprint density at radius 3 is 2.17 bits per heavy atom. The molecule has 0 saturated carbocycles. The summed E-state index contributed by atoms with van der Waals surface area (Å²) in [7, 11) is 0. The van der Waals surface area contributed by atoms with Crippen LogP contribution in [0.5, 0.6) is 0 Å². The van der Waals surface area contributed by atoms with Crippen molar-refractivity contribution in [2.24, 2.45) is 0 Å². The van der Waals surface area contributed by atoms with Crippen LogP contribution in [0.4, 0.5) is 4.79 Å². The van der Waals surface area contributed by atoms with Gasteiger partial charge in [-0.1, -0.05) is 96.9 Å². The number of terminal acetylenes is 1. The minimum absolute atomic E-state index is 0.0901. The van der Waals surface area contributed by atoms with E-state index in [1.807, 2.05) is 78.9 Å². The van der Waals surface area contributed by atoms with Gasteiger partial charge in [0.05, 0.1) is 19.6 Å². The summed E-state index contributed by atoms with van der Waals surface area (Å²) in [6, 6.07) is 27.9. The van der Waals surface area contributed by atoms with Crippen molar-refractivity contribution >= 4 is 17.8 Å². The van der Waals surface area contributed by atoms with Crippen LogP contribution < -0.4 is 5.32 Å². The second-order valence-corrected chi connectivity index (χ2v) is 9.98. The van der Waals surface area contributed by atoms with Crippen LogP contribution in [0.3, 0.4) is 0 Å². The maximum absolute atomic E-state index is 13.9. The van der Waals surface area contributed by atoms with Crippen molar-refractivity contribution in [3.63, 3.8) is 0 Å². The monoisotopic (exact) mass is 535 g/mol. The fraction of sp³-hybridized carbons (Fsp3) is 0.281. The van der Waals surface area contributed by atoms with Gasteiger partial charge < -0.3 is 15.1 Å². The number of fused-ring (bicyclic) bond motifs is 1. The van der Waals surface area contributed by atoms with Gasteiger partial charge >= 0.3 is 6.03 Å². The number of carbonyl (C=O) groups excluding carboxylic acids is 3. The molecule has 2 aliphatic rings. The van der Waals surface area contributed by atoms with E-state index in [-0.39, 0.29) is 37.5 Å². The summed E-state index contributed by atoms with van der Waals surface area (Å²) < 4.78 is 0. The Morgan fingerprint density at radius 2 is 1.52 bits per heavy atom. The number of nitrogens with one attached hydrogen (secondary N) is 1. The third-order valence-corrected chi connectivity index (χ3v) is 7.34. The Hall–Kier alpha value is -4.61. The van der Waals surface area contributed by atoms with Gasteiger partial charge in [0.2, 0.25) is 11.8 Å². The topological polar surface area (TPSA) is 76.2 Å². The fourth-order valence-corrected chi connectivity index (χ4v) is 5.46. The summed E-state index contributed by atoms with van der Waals surface area (Å²) in [5, 5.41) is 6.13. The highest BCUT2D eigenvalue weighted by Crippen LogP contribution is 2.34. The van der Waals surface area contributed by atoms with Crippen molar-refractivity contribution < 1.29 is 14.4 Å². The smallest absolute Gasteiger partial charge is 0.334 e. The van der Waals surface area contributed by atoms with Crippen LogP contribution in [0, 0.1) is 12.3 Å². The summed E-state index contributed by atoms with van der Waals surface area (Å²) in [5.41, 5.74) is 2.87. The van der Waals surface area contributed by atoms with Crippen LogP contribution in [0.25, 0.3) is 0 Å². The number of rotatable bonds is 8. The molecular formula is C32H33N5O3. The van der Waals surface area contributed by atoms with E-state index in [0.29, 0.717) is 18.7 Å². The van der Waals surface area contributed by atoms with Gasteiger partial charge in [0.1, 0.15) is 12.2 Å². The first-order chi connectivity index (χ1) is 19.6. The van der Waals surface area contributed by atoms with Crippen molar-refractivity contribution in [3.05, 3.63) is 108 Å². The SMILES string of the molecule is C#CCN1CC(=O)N2[C@@H](c3ccccc3)C(=O)N(CCCc3ccccc3)C[C@@H]2N1C(=O)NCc1ccccc1. The largest absolute Gasteiger partial charge is 0.337 e. The molecule has 3 aromatic carbocycles. The van der Waals surface area contributed by atoms with Crippen LogP contribution >= 0.6 is 0 Å². The molecule has 8 heteroatoms. The third-order valence-electron chi connectivity index (χ3n) is 7.34. The lowest BCUT2D eigenvalue weighted by atomic mass is 9.98. The Bertz CT molecular complexity index is 1360. The van der Waals surface area contributed by atoms with E-state index < -0.39 is 12.2 Å². The Morgan fingerprint density at radius 1 is 0.900 bits per heavy atom. The third kappa shape index (κ3) is 5.85. The predicted octanol–water partition coefficient (Wildman–Crippen LogP) is 3.43. The van der Waals surface area contributed by atoms with Crippen LogP contribution in [0.15, 0.2) is 91.0 Å². The number of amides is 4. The van der Waals surface area contributed by atoms with E-state index in [0.717, 1.165) is 18.4 Å². The first-order valence-corrected chi connectivity index (χ1v) is 13.5. The summed E-state index contributed by atoms with van der Waals surface area (Å²) >= 11 is 0. The molecule has 40 heavy (non-hydrogen) atoms. The molecule has 2 heterocycles. The van der Waals surface area contributed by atoms with Gasteiger partial charge in [-0.05, 0) is 29.5 Å². The molecular weight excluding hydrogens is 502 g/mol. The van der Waals surface area contributed by atoms with E-state index in [9.17, 15) is 14.4 Å². The van der Waals surface area contributed by atoms with Crippen molar-refractivity contribution in [1.29, 1.82) is 0 Å². The Kier molecular flexibility index (Phi) is 8.43. The average Bonchev–Trinajstić information content (AvgIpc) is 2.98. The van der Waals surface area contributed by atoms with Crippen molar-refractivity contribution in [3.8, 4) is 12.3 Å². The van der Waals surface area contributed by atoms with E-state index in [1.165, 1.54) is 10.6 Å². The van der Waals surface area contributed by atoms with Crippen LogP contribution in [-0.2, 0) is 22.6 Å². The highest BCUT2D eigenvalue weighted by molar-refractivity contribution is 5.92. The highest BCUT2D eigenvalue weighted by atomic mass is 16.2. The van der Waals surface area contributed by atoms with E-state index in [4.69, 9.17) is 6.42 Å². The maximum atomic E-state index is 13.9. The zero-order valence-corrected chi connectivity index (χ0v) is 22.4. The van der Waals surface area contributed by atoms with Crippen LogP contribution in [-0.4, -0.2) is 70.0 Å². The first kappa shape index (κ1) is 27.0. The number of hydrogen-bond donors (Lipinski definition) is 1. The Labute approximate surface area is 235 Å². The summed E-state index contributed by atoms with van der Waals surface area (Å²) in [4.78, 5) is 44.6. The molecule has 0 spiro atoms. The molecule has 5 rings (SSSR count). The van der Waals surface area contributed by atoms with Crippen LogP contribution in [0.2, 0.25) is 0 Å². The molecule has 0 aliphatic carbocycles. The number of benzene rings is 3. The quantitative estimate of drug-likeness (QED) is 0.449. The first-order valence-electron chi connectivity index (χ1n) is 13.5. The van der Waals surface area contributed by atoms with Gasteiger partial charge in [-0.15, -0.1) is 6.42 Å². The number of urea groups is 1. The molecule has 0 aromatic heterocycles. The molecule has 8 nitrogen and oxygen atoms in total. The lowest BCUT2D eigenvalue weighted by Gasteiger charge is -2.55. The van der Waals surface area contributed by atoms with Crippen LogP contribution in [0.1, 0.15) is 29.2 Å². The number of carbonyl (C=O) groups is 3. The molecule has 3 aromatic rings. The molecule has 0 radical (unpaired) electrons. The normalized spacial score (nSPS) is 19.2. The molecule has 2 fully saturated rings. The number of piperazine rings is 1. The molecule has 0 unspecified atom stereocenters. The minimum Gasteiger partial charge on any atom is -0.337 e. The summed E-state index contributed by atoms with van der Waals surface area (Å²) in [6.07, 6.45) is 6.52. The molecule has 2 atom stereocenters. The lowest BCUT2D eigenvalue weighted by Crippen LogP contribution is -2.74. The van der Waals surface area contributed by atoms with Gasteiger partial charge in [0.25, 0.3) is 0 Å². The van der Waals surface area contributed by atoms with Crippen molar-refractivity contribution in [2.75, 3.05) is 26.2 Å². The van der Waals surface area contributed by atoms with E-state index in [1.54, 1.807) is 14.8 Å². The van der Waals surface area contributed by atoms with Crippen molar-refractivity contribution in [2.45, 2.75) is 31.6 Å². The van der Waals surface area contributed by atoms with Gasteiger partial charge in [-0.2, -0.15) is 5.01 Å². The molecule has 204 valence electrons. The van der Waals surface area contributed by atoms with Gasteiger partial charge in [0.15, 0.2) is 0 Å². The zero-order valence-electron chi connectivity index (χ0n) is 22.4. The fourth-order valence-electron chi connectivity index (χ4n) is 5.46. The van der Waals surface area contributed by atoms with Gasteiger partial charge in [-0.3, -0.25) is 9.59 Å². The van der Waals surface area contributed by atoms with Gasteiger partial charge in [-0.25, -0.2) is 9.80 Å². The predicted molar refractivity (Wildman–Crippen MR) is 152 cm³/mol. The second-order valence-electron chi connectivity index (χ2n) is 9.98.